The molecule has 0 saturated carbocycles. The summed E-state index contributed by atoms with van der Waals surface area (Å²) < 4.78 is 6.74. The van der Waals surface area contributed by atoms with E-state index in [0.717, 1.165) is 29.2 Å². The molecule has 0 aromatic carbocycles. The van der Waals surface area contributed by atoms with E-state index in [2.05, 4.69) is 69.8 Å². The van der Waals surface area contributed by atoms with E-state index in [0.29, 0.717) is 0 Å². The summed E-state index contributed by atoms with van der Waals surface area (Å²) in [7, 11) is -1.80. The van der Waals surface area contributed by atoms with Crippen molar-refractivity contribution in [3.8, 4) is 0 Å². The Hall–Kier alpha value is -0.953. The molecule has 0 atom stereocenters. The molecule has 0 amide bonds. The van der Waals surface area contributed by atoms with Crippen LogP contribution in [0.4, 0.5) is 5.95 Å². The van der Waals surface area contributed by atoms with Crippen molar-refractivity contribution in [2.45, 2.75) is 38.9 Å². The fraction of sp³-hybridized carbons (Fsp3) is 0.615. The summed E-state index contributed by atoms with van der Waals surface area (Å²) in [6.07, 6.45) is 3.51. The first-order valence-electron chi connectivity index (χ1n) is 6.65. The highest BCUT2D eigenvalue weighted by molar-refractivity contribution is 9.10. The third kappa shape index (κ3) is 3.38. The standard InChI is InChI=1S/C13H21BrN4OSi/c1-13(2,3)20(4,5)19-17-11-8-18(9-11)12-15-6-10(14)7-16-12/h6-7H,8-9H2,1-5H3/q-1. The van der Waals surface area contributed by atoms with E-state index in [1.54, 1.807) is 12.4 Å². The molecule has 1 aliphatic heterocycles. The molecular formula is C13H21BrN4OSi-. The monoisotopic (exact) mass is 356 g/mol. The predicted octanol–water partition coefficient (Wildman–Crippen LogP) is 3.44. The highest BCUT2D eigenvalue weighted by atomic mass is 79.9. The molecule has 0 unspecified atom stereocenters. The van der Waals surface area contributed by atoms with E-state index < -0.39 is 8.32 Å². The van der Waals surface area contributed by atoms with Crippen molar-refractivity contribution < 1.29 is 4.53 Å². The molecule has 2 heterocycles. The summed E-state index contributed by atoms with van der Waals surface area (Å²) in [6, 6.07) is 0. The Morgan fingerprint density at radius 2 is 1.80 bits per heavy atom. The van der Waals surface area contributed by atoms with Crippen LogP contribution in [0.2, 0.25) is 18.1 Å². The largest absolute Gasteiger partial charge is 0.592 e. The molecule has 0 radical (unpaired) electrons. The van der Waals surface area contributed by atoms with Gasteiger partial charge in [0, 0.05) is 12.4 Å². The van der Waals surface area contributed by atoms with Crippen LogP contribution >= 0.6 is 15.9 Å². The highest BCUT2D eigenvalue weighted by Crippen LogP contribution is 2.36. The quantitative estimate of drug-likeness (QED) is 0.614. The Morgan fingerprint density at radius 1 is 1.25 bits per heavy atom. The van der Waals surface area contributed by atoms with Crippen LogP contribution in [0.5, 0.6) is 0 Å². The maximum absolute atomic E-state index is 5.85. The average Bonchev–Trinajstić information content (AvgIpc) is 2.27. The summed E-state index contributed by atoms with van der Waals surface area (Å²) in [5, 5.41) is 4.51. The van der Waals surface area contributed by atoms with Gasteiger partial charge < -0.3 is 9.43 Å². The van der Waals surface area contributed by atoms with Crippen molar-refractivity contribution in [2.24, 2.45) is 5.16 Å². The van der Waals surface area contributed by atoms with Crippen molar-refractivity contribution in [1.82, 2.24) is 9.97 Å². The summed E-state index contributed by atoms with van der Waals surface area (Å²) >= 11 is 3.33. The van der Waals surface area contributed by atoms with Gasteiger partial charge in [0.05, 0.1) is 31.6 Å². The lowest BCUT2D eigenvalue weighted by Crippen LogP contribution is -2.49. The Kier molecular flexibility index (Phi) is 4.20. The molecule has 0 spiro atoms. The highest BCUT2D eigenvalue weighted by Gasteiger charge is 2.29. The van der Waals surface area contributed by atoms with Gasteiger partial charge in [-0.25, -0.2) is 9.97 Å². The van der Waals surface area contributed by atoms with Gasteiger partial charge in [-0.3, -0.25) is 0 Å². The van der Waals surface area contributed by atoms with Gasteiger partial charge >= 0.3 is 0 Å². The second kappa shape index (κ2) is 5.44. The Bertz CT molecular complexity index is 502. The molecule has 1 aromatic rings. The first-order valence-corrected chi connectivity index (χ1v) is 10.4. The normalized spacial score (nSPS) is 15.9. The summed E-state index contributed by atoms with van der Waals surface area (Å²) in [4.78, 5) is 10.6. The second-order valence-electron chi connectivity index (χ2n) is 6.57. The predicted molar refractivity (Wildman–Crippen MR) is 87.7 cm³/mol. The van der Waals surface area contributed by atoms with Gasteiger partial charge in [-0.2, -0.15) is 0 Å². The molecular weight excluding hydrogens is 336 g/mol. The van der Waals surface area contributed by atoms with Gasteiger partial charge in [-0.15, -0.1) is 23.3 Å². The van der Waals surface area contributed by atoms with Crippen LogP contribution in [0.25, 0.3) is 0 Å². The van der Waals surface area contributed by atoms with Crippen molar-refractivity contribution in [3.05, 3.63) is 16.9 Å². The third-order valence-corrected chi connectivity index (χ3v) is 8.42. The molecule has 0 aliphatic carbocycles. The van der Waals surface area contributed by atoms with E-state index in [4.69, 9.17) is 4.53 Å². The van der Waals surface area contributed by atoms with Gasteiger partial charge in [0.2, 0.25) is 5.95 Å². The zero-order valence-corrected chi connectivity index (χ0v) is 15.2. The number of hydrogen-bond acceptors (Lipinski definition) is 5. The number of halogens is 1. The molecule has 1 saturated heterocycles. The first-order chi connectivity index (χ1) is 9.19. The molecule has 7 heteroatoms. The minimum absolute atomic E-state index is 0.176. The second-order valence-corrected chi connectivity index (χ2v) is 12.2. The lowest BCUT2D eigenvalue weighted by molar-refractivity contribution is 0.305. The molecule has 1 fully saturated rings. The van der Waals surface area contributed by atoms with Gasteiger partial charge in [0.25, 0.3) is 0 Å². The number of nitrogens with zero attached hydrogens (tertiary/aromatic N) is 4. The van der Waals surface area contributed by atoms with Crippen LogP contribution < -0.4 is 4.90 Å². The van der Waals surface area contributed by atoms with E-state index in [9.17, 15) is 0 Å². The van der Waals surface area contributed by atoms with Gasteiger partial charge in [-0.05, 0) is 15.9 Å². The summed E-state index contributed by atoms with van der Waals surface area (Å²) in [5.74, 6) is 0.736. The van der Waals surface area contributed by atoms with Crippen LogP contribution in [-0.2, 0) is 4.53 Å². The molecule has 111 valence electrons. The SMILES string of the molecule is CC(C)(C)[Si-](C)(C)ON=C1CN(c2ncc(Br)cn2)C1. The van der Waals surface area contributed by atoms with Crippen molar-refractivity contribution in [1.29, 1.82) is 0 Å². The fourth-order valence-corrected chi connectivity index (χ4v) is 2.21. The lowest BCUT2D eigenvalue weighted by Gasteiger charge is -2.46. The molecule has 0 bridgehead atoms. The zero-order valence-electron chi connectivity index (χ0n) is 12.6. The van der Waals surface area contributed by atoms with Crippen LogP contribution in [0, 0.1) is 0 Å². The lowest BCUT2D eigenvalue weighted by atomic mass is 10.2. The van der Waals surface area contributed by atoms with E-state index >= 15 is 0 Å². The minimum atomic E-state index is -1.80. The van der Waals surface area contributed by atoms with E-state index in [1.165, 1.54) is 0 Å². The molecule has 1 aliphatic rings. The van der Waals surface area contributed by atoms with E-state index in [1.807, 2.05) is 0 Å². The number of hydrogen-bond donors (Lipinski definition) is 0. The number of oxime groups is 1. The summed E-state index contributed by atoms with van der Waals surface area (Å²) in [6.45, 7) is 12.5. The van der Waals surface area contributed by atoms with Crippen molar-refractivity contribution in [2.75, 3.05) is 18.0 Å². The Balaban J connectivity index is 1.90. The van der Waals surface area contributed by atoms with Crippen LogP contribution in [-0.4, -0.2) is 37.1 Å². The smallest absolute Gasteiger partial charge is 0.226 e. The molecule has 1 aromatic heterocycles. The Labute approximate surface area is 129 Å². The average molecular weight is 357 g/mol. The van der Waals surface area contributed by atoms with Gasteiger partial charge in [0.15, 0.2) is 0 Å². The first kappa shape index (κ1) is 15.4. The van der Waals surface area contributed by atoms with Gasteiger partial charge in [0.1, 0.15) is 0 Å². The molecule has 2 rings (SSSR count). The van der Waals surface area contributed by atoms with E-state index in [-0.39, 0.29) is 5.04 Å². The van der Waals surface area contributed by atoms with Crippen LogP contribution in [0.15, 0.2) is 22.0 Å². The molecule has 5 nitrogen and oxygen atoms in total. The molecule has 0 N–H and O–H groups in total. The van der Waals surface area contributed by atoms with Gasteiger partial charge in [-0.1, -0.05) is 20.8 Å². The molecule has 20 heavy (non-hydrogen) atoms. The van der Waals surface area contributed by atoms with Crippen LogP contribution in [0.1, 0.15) is 20.8 Å². The summed E-state index contributed by atoms with van der Waals surface area (Å²) in [5.41, 5.74) is 1.06. The fourth-order valence-electron chi connectivity index (χ4n) is 1.38. The Morgan fingerprint density at radius 3 is 2.30 bits per heavy atom. The number of aromatic nitrogens is 2. The minimum Gasteiger partial charge on any atom is -0.592 e. The maximum atomic E-state index is 5.85. The maximum Gasteiger partial charge on any atom is 0.226 e. The van der Waals surface area contributed by atoms with Crippen molar-refractivity contribution >= 4 is 35.9 Å². The third-order valence-electron chi connectivity index (χ3n) is 3.85. The zero-order chi connectivity index (χ0) is 15.0. The van der Waals surface area contributed by atoms with Crippen molar-refractivity contribution in [3.63, 3.8) is 0 Å². The number of anilines is 1. The topological polar surface area (TPSA) is 50.6 Å². The number of rotatable bonds is 3. The van der Waals surface area contributed by atoms with Crippen LogP contribution in [0.3, 0.4) is 0 Å².